The Morgan fingerprint density at radius 2 is 1.93 bits per heavy atom. The zero-order valence-corrected chi connectivity index (χ0v) is 16.3. The summed E-state index contributed by atoms with van der Waals surface area (Å²) >= 11 is 1.09. The van der Waals surface area contributed by atoms with Gasteiger partial charge in [-0.1, -0.05) is 29.0 Å². The van der Waals surface area contributed by atoms with E-state index in [0.29, 0.717) is 23.4 Å². The molecule has 0 aliphatic rings. The highest BCUT2D eigenvalue weighted by Crippen LogP contribution is 2.24. The van der Waals surface area contributed by atoms with Crippen molar-refractivity contribution in [3.8, 4) is 0 Å². The van der Waals surface area contributed by atoms with Gasteiger partial charge in [0, 0.05) is 25.8 Å². The number of hydrogen-bond donors (Lipinski definition) is 0. The second-order valence-electron chi connectivity index (χ2n) is 5.82. The minimum Gasteiger partial charge on any atom is -0.383 e. The van der Waals surface area contributed by atoms with E-state index in [9.17, 15) is 18.5 Å². The molecule has 0 radical (unpaired) electrons. The molecule has 0 fully saturated rings. The number of benzene rings is 2. The molecule has 1 heterocycles. The molecule has 10 heteroatoms. The average molecular weight is 407 g/mol. The predicted molar refractivity (Wildman–Crippen MR) is 102 cm³/mol. The molecular weight excluding hydrogens is 390 g/mol. The van der Waals surface area contributed by atoms with E-state index in [1.165, 1.54) is 24.3 Å². The number of thiazole rings is 1. The van der Waals surface area contributed by atoms with Crippen molar-refractivity contribution < 1.29 is 18.1 Å². The fraction of sp³-hybridized carbons (Fsp3) is 0.235. The van der Waals surface area contributed by atoms with Crippen LogP contribution in [0, 0.1) is 17.0 Å². The number of methoxy groups -OCH3 is 1. The molecule has 0 amide bonds. The number of nitro groups is 1. The Balaban J connectivity index is 2.20. The minimum absolute atomic E-state index is 0.0596. The van der Waals surface area contributed by atoms with Crippen LogP contribution in [0.2, 0.25) is 0 Å². The van der Waals surface area contributed by atoms with Crippen LogP contribution in [0.4, 0.5) is 5.69 Å². The number of aryl methyl sites for hydroxylation is 1. The highest BCUT2D eigenvalue weighted by atomic mass is 32.2. The Morgan fingerprint density at radius 3 is 2.56 bits per heavy atom. The lowest BCUT2D eigenvalue weighted by atomic mass is 10.2. The lowest BCUT2D eigenvalue weighted by Crippen LogP contribution is -2.19. The number of fused-ring (bicyclic) bond motifs is 1. The molecule has 1 aromatic heterocycles. The van der Waals surface area contributed by atoms with Gasteiger partial charge in [-0.3, -0.25) is 10.1 Å². The maximum atomic E-state index is 12.7. The molecule has 3 rings (SSSR count). The zero-order valence-electron chi connectivity index (χ0n) is 14.7. The molecule has 142 valence electrons. The van der Waals surface area contributed by atoms with Crippen LogP contribution >= 0.6 is 11.3 Å². The van der Waals surface area contributed by atoms with Crippen LogP contribution < -0.4 is 4.80 Å². The molecule has 3 aromatic rings. The fourth-order valence-corrected chi connectivity index (χ4v) is 4.80. The topological polar surface area (TPSA) is 104 Å². The van der Waals surface area contributed by atoms with Gasteiger partial charge in [-0.2, -0.15) is 8.42 Å². The monoisotopic (exact) mass is 407 g/mol. The van der Waals surface area contributed by atoms with Gasteiger partial charge >= 0.3 is 0 Å². The Kier molecular flexibility index (Phi) is 5.40. The maximum Gasteiger partial charge on any atom is 0.285 e. The van der Waals surface area contributed by atoms with E-state index in [1.807, 2.05) is 6.92 Å². The van der Waals surface area contributed by atoms with E-state index >= 15 is 0 Å². The van der Waals surface area contributed by atoms with Crippen molar-refractivity contribution in [1.29, 1.82) is 0 Å². The highest BCUT2D eigenvalue weighted by Gasteiger charge is 2.16. The summed E-state index contributed by atoms with van der Waals surface area (Å²) in [5, 5.41) is 11.0. The molecule has 0 aliphatic heterocycles. The second-order valence-corrected chi connectivity index (χ2v) is 8.43. The molecule has 0 saturated heterocycles. The molecule has 0 atom stereocenters. The lowest BCUT2D eigenvalue weighted by Gasteiger charge is -2.04. The minimum atomic E-state index is -3.91. The number of rotatable bonds is 6. The van der Waals surface area contributed by atoms with Crippen molar-refractivity contribution in [3.63, 3.8) is 0 Å². The van der Waals surface area contributed by atoms with Gasteiger partial charge in [-0.15, -0.1) is 4.40 Å². The molecule has 27 heavy (non-hydrogen) atoms. The molecule has 0 spiro atoms. The molecular formula is C17H17N3O5S2. The van der Waals surface area contributed by atoms with Crippen LogP contribution in [0.25, 0.3) is 10.2 Å². The van der Waals surface area contributed by atoms with Crippen molar-refractivity contribution >= 4 is 37.3 Å². The molecule has 0 bridgehead atoms. The maximum absolute atomic E-state index is 12.7. The predicted octanol–water partition coefficient (Wildman–Crippen LogP) is 2.86. The number of nitro benzene ring substituents is 1. The Labute approximate surface area is 159 Å². The van der Waals surface area contributed by atoms with Crippen LogP contribution in [-0.2, 0) is 21.3 Å². The summed E-state index contributed by atoms with van der Waals surface area (Å²) in [6, 6.07) is 10.8. The number of sulfonamides is 1. The van der Waals surface area contributed by atoms with E-state index in [4.69, 9.17) is 4.74 Å². The second kappa shape index (κ2) is 7.59. The number of aromatic nitrogens is 1. The highest BCUT2D eigenvalue weighted by molar-refractivity contribution is 7.90. The van der Waals surface area contributed by atoms with Gasteiger partial charge in [0.1, 0.15) is 0 Å². The summed E-state index contributed by atoms with van der Waals surface area (Å²) in [6.07, 6.45) is 0. The van der Waals surface area contributed by atoms with E-state index in [0.717, 1.165) is 16.9 Å². The third kappa shape index (κ3) is 4.07. The fourth-order valence-electron chi connectivity index (χ4n) is 2.51. The van der Waals surface area contributed by atoms with Gasteiger partial charge < -0.3 is 9.30 Å². The van der Waals surface area contributed by atoms with Crippen LogP contribution in [0.3, 0.4) is 0 Å². The van der Waals surface area contributed by atoms with Gasteiger partial charge in [0.05, 0.1) is 26.6 Å². The van der Waals surface area contributed by atoms with Gasteiger partial charge in [-0.25, -0.2) is 0 Å². The SMILES string of the molecule is COCCn1/c(=N/S(=O)(=O)c2ccc(C)cc2)sc2cc([N+](=O)[O-])ccc21. The molecule has 2 aromatic carbocycles. The van der Waals surface area contributed by atoms with E-state index < -0.39 is 14.9 Å². The first-order chi connectivity index (χ1) is 12.8. The largest absolute Gasteiger partial charge is 0.383 e. The lowest BCUT2D eigenvalue weighted by molar-refractivity contribution is -0.384. The Morgan fingerprint density at radius 1 is 1.22 bits per heavy atom. The number of hydrogen-bond acceptors (Lipinski definition) is 6. The number of nitrogens with zero attached hydrogens (tertiary/aromatic N) is 3. The summed E-state index contributed by atoms with van der Waals surface area (Å²) in [5.41, 5.74) is 1.55. The van der Waals surface area contributed by atoms with Gasteiger partial charge in [0.15, 0.2) is 0 Å². The van der Waals surface area contributed by atoms with Crippen LogP contribution in [0.1, 0.15) is 5.56 Å². The van der Waals surface area contributed by atoms with Crippen molar-refractivity contribution in [2.24, 2.45) is 4.40 Å². The zero-order chi connectivity index (χ0) is 19.6. The van der Waals surface area contributed by atoms with Crippen LogP contribution in [0.5, 0.6) is 0 Å². The van der Waals surface area contributed by atoms with Gasteiger partial charge in [-0.05, 0) is 25.1 Å². The average Bonchev–Trinajstić information content (AvgIpc) is 2.95. The first-order valence-corrected chi connectivity index (χ1v) is 10.2. The molecule has 0 saturated carbocycles. The van der Waals surface area contributed by atoms with Crippen LogP contribution in [-0.4, -0.2) is 31.6 Å². The van der Waals surface area contributed by atoms with Gasteiger partial charge in [0.25, 0.3) is 15.7 Å². The normalized spacial score (nSPS) is 12.6. The van der Waals surface area contributed by atoms with E-state index in [1.54, 1.807) is 29.9 Å². The number of non-ortho nitro benzene ring substituents is 1. The van der Waals surface area contributed by atoms with E-state index in [-0.39, 0.29) is 15.4 Å². The Bertz CT molecular complexity index is 1160. The van der Waals surface area contributed by atoms with Gasteiger partial charge in [0.2, 0.25) is 4.80 Å². The number of ether oxygens (including phenoxy) is 1. The first kappa shape index (κ1) is 19.2. The molecule has 8 nitrogen and oxygen atoms in total. The van der Waals surface area contributed by atoms with Crippen molar-refractivity contribution in [1.82, 2.24) is 4.57 Å². The first-order valence-electron chi connectivity index (χ1n) is 7.96. The summed E-state index contributed by atoms with van der Waals surface area (Å²) in [6.45, 7) is 2.59. The van der Waals surface area contributed by atoms with Crippen molar-refractivity contribution in [2.75, 3.05) is 13.7 Å². The summed E-state index contributed by atoms with van der Waals surface area (Å²) in [5.74, 6) is 0. The summed E-state index contributed by atoms with van der Waals surface area (Å²) in [4.78, 5) is 10.9. The molecule has 0 aliphatic carbocycles. The summed E-state index contributed by atoms with van der Waals surface area (Å²) < 4.78 is 36.7. The van der Waals surface area contributed by atoms with Crippen molar-refractivity contribution in [3.05, 3.63) is 62.9 Å². The van der Waals surface area contributed by atoms with Crippen molar-refractivity contribution in [2.45, 2.75) is 18.4 Å². The van der Waals surface area contributed by atoms with Crippen LogP contribution in [0.15, 0.2) is 51.8 Å². The Hall–Kier alpha value is -2.56. The quantitative estimate of drug-likeness (QED) is 0.462. The smallest absolute Gasteiger partial charge is 0.285 e. The summed E-state index contributed by atoms with van der Waals surface area (Å²) in [7, 11) is -2.37. The third-order valence-electron chi connectivity index (χ3n) is 3.91. The third-order valence-corrected chi connectivity index (χ3v) is 6.35. The van der Waals surface area contributed by atoms with E-state index in [2.05, 4.69) is 4.40 Å². The molecule has 0 N–H and O–H groups in total. The molecule has 0 unspecified atom stereocenters. The standard InChI is InChI=1S/C17H17N3O5S2/c1-12-3-6-14(7-4-12)27(23,24)18-17-19(9-10-25-2)15-8-5-13(20(21)22)11-16(15)26-17/h3-8,11H,9-10H2,1-2H3/b18-17-.